The Kier molecular flexibility index (Phi) is 4.39. The highest BCUT2D eigenvalue weighted by Crippen LogP contribution is 2.37. The number of ether oxygens (including phenoxy) is 2. The van der Waals surface area contributed by atoms with E-state index < -0.39 is 0 Å². The van der Waals surface area contributed by atoms with Gasteiger partial charge in [-0.15, -0.1) is 0 Å². The molecule has 2 atom stereocenters. The molecular formula is C18H25NO3. The number of nitrogens with zero attached hydrogens (tertiary/aromatic N) is 1. The van der Waals surface area contributed by atoms with Gasteiger partial charge in [0.05, 0.1) is 12.2 Å². The largest absolute Gasteiger partial charge is 0.491 e. The molecule has 4 heteroatoms. The molecule has 0 radical (unpaired) electrons. The maximum atomic E-state index is 12.8. The summed E-state index contributed by atoms with van der Waals surface area (Å²) in [6, 6.07) is 8.20. The molecule has 3 rings (SSSR count). The monoisotopic (exact) mass is 303 g/mol. The SMILES string of the molecule is COC1CC2CCC(C1)N2C(=O)c1ccc(OC(C)C)cc1. The van der Waals surface area contributed by atoms with Crippen LogP contribution >= 0.6 is 0 Å². The van der Waals surface area contributed by atoms with Crippen LogP contribution in [0, 0.1) is 0 Å². The molecule has 22 heavy (non-hydrogen) atoms. The highest BCUT2D eigenvalue weighted by atomic mass is 16.5. The first-order valence-electron chi connectivity index (χ1n) is 8.20. The summed E-state index contributed by atoms with van der Waals surface area (Å²) in [5.74, 6) is 0.964. The molecule has 2 aliphatic rings. The Morgan fingerprint density at radius 1 is 1.14 bits per heavy atom. The Morgan fingerprint density at radius 2 is 1.73 bits per heavy atom. The van der Waals surface area contributed by atoms with Crippen molar-refractivity contribution in [2.75, 3.05) is 7.11 Å². The van der Waals surface area contributed by atoms with Crippen molar-refractivity contribution in [2.24, 2.45) is 0 Å². The second-order valence-corrected chi connectivity index (χ2v) is 6.62. The molecule has 2 saturated heterocycles. The summed E-state index contributed by atoms with van der Waals surface area (Å²) in [4.78, 5) is 14.9. The standard InChI is InChI=1S/C18H25NO3/c1-12(2)22-16-8-4-13(5-9-16)18(20)19-14-6-7-15(19)11-17(10-14)21-3/h4-5,8-9,12,14-15,17H,6-7,10-11H2,1-3H3. The van der Waals surface area contributed by atoms with Crippen LogP contribution in [0.2, 0.25) is 0 Å². The minimum atomic E-state index is 0.144. The zero-order valence-corrected chi connectivity index (χ0v) is 13.6. The number of hydrogen-bond donors (Lipinski definition) is 0. The summed E-state index contributed by atoms with van der Waals surface area (Å²) in [5, 5.41) is 0. The van der Waals surface area contributed by atoms with Crippen molar-refractivity contribution in [2.45, 2.75) is 63.8 Å². The molecule has 120 valence electrons. The Bertz CT molecular complexity index is 512. The van der Waals surface area contributed by atoms with Gasteiger partial charge in [0.25, 0.3) is 5.91 Å². The average Bonchev–Trinajstić information content (AvgIpc) is 2.76. The third-order valence-electron chi connectivity index (χ3n) is 4.73. The lowest BCUT2D eigenvalue weighted by molar-refractivity contribution is 0.00822. The zero-order chi connectivity index (χ0) is 15.7. The fourth-order valence-corrected chi connectivity index (χ4v) is 3.75. The highest BCUT2D eigenvalue weighted by Gasteiger charge is 2.43. The van der Waals surface area contributed by atoms with Crippen LogP contribution < -0.4 is 4.74 Å². The lowest BCUT2D eigenvalue weighted by Gasteiger charge is -2.38. The number of rotatable bonds is 4. The van der Waals surface area contributed by atoms with E-state index in [-0.39, 0.29) is 12.0 Å². The zero-order valence-electron chi connectivity index (χ0n) is 13.6. The van der Waals surface area contributed by atoms with Gasteiger partial charge in [0.1, 0.15) is 5.75 Å². The number of amides is 1. The minimum Gasteiger partial charge on any atom is -0.491 e. The smallest absolute Gasteiger partial charge is 0.254 e. The molecule has 2 unspecified atom stereocenters. The van der Waals surface area contributed by atoms with Gasteiger partial charge >= 0.3 is 0 Å². The molecule has 0 aliphatic carbocycles. The Morgan fingerprint density at radius 3 is 2.23 bits per heavy atom. The normalized spacial score (nSPS) is 27.3. The number of carbonyl (C=O) groups excluding carboxylic acids is 1. The van der Waals surface area contributed by atoms with Crippen molar-refractivity contribution < 1.29 is 14.3 Å². The van der Waals surface area contributed by atoms with E-state index in [1.165, 1.54) is 0 Å². The van der Waals surface area contributed by atoms with Crippen LogP contribution in [0.4, 0.5) is 0 Å². The third-order valence-corrected chi connectivity index (χ3v) is 4.73. The van der Waals surface area contributed by atoms with E-state index in [0.717, 1.165) is 37.0 Å². The number of methoxy groups -OCH3 is 1. The van der Waals surface area contributed by atoms with Gasteiger partial charge in [0.2, 0.25) is 0 Å². The second kappa shape index (κ2) is 6.29. The van der Waals surface area contributed by atoms with Crippen molar-refractivity contribution in [3.8, 4) is 5.75 Å². The van der Waals surface area contributed by atoms with Crippen molar-refractivity contribution in [3.05, 3.63) is 29.8 Å². The molecule has 1 aromatic rings. The van der Waals surface area contributed by atoms with E-state index in [4.69, 9.17) is 9.47 Å². The Labute approximate surface area is 132 Å². The summed E-state index contributed by atoms with van der Waals surface area (Å²) >= 11 is 0. The van der Waals surface area contributed by atoms with E-state index in [1.54, 1.807) is 7.11 Å². The Hall–Kier alpha value is -1.55. The molecule has 2 bridgehead atoms. The van der Waals surface area contributed by atoms with Gasteiger partial charge in [-0.1, -0.05) is 0 Å². The van der Waals surface area contributed by atoms with Gasteiger partial charge in [-0.05, 0) is 63.8 Å². The molecule has 2 aliphatic heterocycles. The molecule has 1 aromatic carbocycles. The van der Waals surface area contributed by atoms with Crippen molar-refractivity contribution >= 4 is 5.91 Å². The molecule has 2 fully saturated rings. The molecule has 2 heterocycles. The quantitative estimate of drug-likeness (QED) is 0.857. The summed E-state index contributed by atoms with van der Waals surface area (Å²) in [7, 11) is 1.77. The summed E-state index contributed by atoms with van der Waals surface area (Å²) in [6.07, 6.45) is 4.59. The maximum Gasteiger partial charge on any atom is 0.254 e. The fraction of sp³-hybridized carbons (Fsp3) is 0.611. The Balaban J connectivity index is 1.72. The third kappa shape index (κ3) is 2.98. The van der Waals surface area contributed by atoms with E-state index in [0.29, 0.717) is 18.2 Å². The summed E-state index contributed by atoms with van der Waals surface area (Å²) in [6.45, 7) is 3.99. The van der Waals surface area contributed by atoms with Crippen LogP contribution in [0.15, 0.2) is 24.3 Å². The average molecular weight is 303 g/mol. The van der Waals surface area contributed by atoms with Crippen molar-refractivity contribution in [3.63, 3.8) is 0 Å². The molecule has 0 N–H and O–H groups in total. The predicted octanol–water partition coefficient (Wildman–Crippen LogP) is 3.26. The van der Waals surface area contributed by atoms with E-state index in [1.807, 2.05) is 38.1 Å². The van der Waals surface area contributed by atoms with E-state index >= 15 is 0 Å². The first-order chi connectivity index (χ1) is 10.6. The fourth-order valence-electron chi connectivity index (χ4n) is 3.75. The van der Waals surface area contributed by atoms with Crippen LogP contribution in [-0.4, -0.2) is 42.2 Å². The lowest BCUT2D eigenvalue weighted by Crippen LogP contribution is -2.48. The molecule has 0 saturated carbocycles. The van der Waals surface area contributed by atoms with Gasteiger partial charge in [-0.2, -0.15) is 0 Å². The summed E-state index contributed by atoms with van der Waals surface area (Å²) in [5.41, 5.74) is 0.754. The number of hydrogen-bond acceptors (Lipinski definition) is 3. The first-order valence-corrected chi connectivity index (χ1v) is 8.20. The second-order valence-electron chi connectivity index (χ2n) is 6.62. The predicted molar refractivity (Wildman–Crippen MR) is 85.2 cm³/mol. The number of piperidine rings is 1. The van der Waals surface area contributed by atoms with Gasteiger partial charge in [0, 0.05) is 24.8 Å². The number of fused-ring (bicyclic) bond motifs is 2. The van der Waals surface area contributed by atoms with Crippen LogP contribution in [0.3, 0.4) is 0 Å². The topological polar surface area (TPSA) is 38.8 Å². The molecule has 0 aromatic heterocycles. The molecule has 4 nitrogen and oxygen atoms in total. The van der Waals surface area contributed by atoms with Crippen LogP contribution in [0.25, 0.3) is 0 Å². The van der Waals surface area contributed by atoms with Crippen LogP contribution in [0.5, 0.6) is 5.75 Å². The molecule has 0 spiro atoms. The summed E-state index contributed by atoms with van der Waals surface area (Å²) < 4.78 is 11.1. The van der Waals surface area contributed by atoms with Gasteiger partial charge < -0.3 is 14.4 Å². The number of benzene rings is 1. The first kappa shape index (κ1) is 15.3. The highest BCUT2D eigenvalue weighted by molar-refractivity contribution is 5.95. The van der Waals surface area contributed by atoms with Crippen molar-refractivity contribution in [1.82, 2.24) is 4.90 Å². The number of carbonyl (C=O) groups is 1. The lowest BCUT2D eigenvalue weighted by atomic mass is 9.98. The van der Waals surface area contributed by atoms with Gasteiger partial charge in [-0.25, -0.2) is 0 Å². The van der Waals surface area contributed by atoms with E-state index in [2.05, 4.69) is 4.90 Å². The maximum absolute atomic E-state index is 12.8. The molecular weight excluding hydrogens is 278 g/mol. The van der Waals surface area contributed by atoms with Gasteiger partial charge in [0.15, 0.2) is 0 Å². The molecule has 1 amide bonds. The van der Waals surface area contributed by atoms with Gasteiger partial charge in [-0.3, -0.25) is 4.79 Å². The van der Waals surface area contributed by atoms with Crippen LogP contribution in [-0.2, 0) is 4.74 Å². The minimum absolute atomic E-state index is 0.144. The van der Waals surface area contributed by atoms with Crippen molar-refractivity contribution in [1.29, 1.82) is 0 Å². The van der Waals surface area contributed by atoms with E-state index in [9.17, 15) is 4.79 Å². The van der Waals surface area contributed by atoms with Crippen LogP contribution in [0.1, 0.15) is 49.9 Å².